The minimum Gasteiger partial charge on any atom is -0.379 e. The van der Waals surface area contributed by atoms with Crippen LogP contribution in [0.4, 0.5) is 0 Å². The van der Waals surface area contributed by atoms with E-state index >= 15 is 0 Å². The second-order valence-corrected chi connectivity index (χ2v) is 7.61. The van der Waals surface area contributed by atoms with E-state index < -0.39 is 0 Å². The van der Waals surface area contributed by atoms with Crippen molar-refractivity contribution < 1.29 is 4.74 Å². The summed E-state index contributed by atoms with van der Waals surface area (Å²) in [5, 5.41) is 5.49. The molecule has 3 heterocycles. The van der Waals surface area contributed by atoms with Crippen LogP contribution >= 0.6 is 0 Å². The molecule has 0 spiro atoms. The molecule has 1 aliphatic rings. The number of benzene rings is 2. The van der Waals surface area contributed by atoms with E-state index in [0.29, 0.717) is 0 Å². The topological polar surface area (TPSA) is 61.8 Å². The Morgan fingerprint density at radius 2 is 1.62 bits per heavy atom. The SMILES string of the molecule is O=c1[nH]c2c(CCNCCN3CCOCC3)c3ccccc3n2c2ccccc12. The Labute approximate surface area is 169 Å². The van der Waals surface area contributed by atoms with E-state index in [-0.39, 0.29) is 5.56 Å². The average molecular weight is 390 g/mol. The zero-order valence-corrected chi connectivity index (χ0v) is 16.5. The minimum absolute atomic E-state index is 0.0302. The summed E-state index contributed by atoms with van der Waals surface area (Å²) >= 11 is 0. The van der Waals surface area contributed by atoms with Crippen molar-refractivity contribution in [3.63, 3.8) is 0 Å². The molecule has 4 aromatic rings. The number of nitrogens with one attached hydrogen (secondary N) is 2. The van der Waals surface area contributed by atoms with Gasteiger partial charge in [-0.05, 0) is 31.2 Å². The third kappa shape index (κ3) is 3.44. The summed E-state index contributed by atoms with van der Waals surface area (Å²) in [5.74, 6) is 0. The van der Waals surface area contributed by atoms with E-state index in [0.717, 1.165) is 74.4 Å². The number of rotatable bonds is 6. The molecule has 0 radical (unpaired) electrons. The van der Waals surface area contributed by atoms with Crippen molar-refractivity contribution >= 4 is 27.5 Å². The van der Waals surface area contributed by atoms with Crippen molar-refractivity contribution in [1.29, 1.82) is 0 Å². The molecular weight excluding hydrogens is 364 g/mol. The lowest BCUT2D eigenvalue weighted by atomic mass is 10.1. The largest absolute Gasteiger partial charge is 0.379 e. The first-order chi connectivity index (χ1) is 14.3. The molecule has 1 aliphatic heterocycles. The molecule has 5 rings (SSSR count). The molecule has 2 aromatic heterocycles. The highest BCUT2D eigenvalue weighted by Gasteiger charge is 2.15. The maximum atomic E-state index is 12.7. The summed E-state index contributed by atoms with van der Waals surface area (Å²) in [4.78, 5) is 18.2. The lowest BCUT2D eigenvalue weighted by Crippen LogP contribution is -2.40. The zero-order valence-electron chi connectivity index (χ0n) is 16.5. The number of nitrogens with zero attached hydrogens (tertiary/aromatic N) is 2. The Morgan fingerprint density at radius 3 is 2.41 bits per heavy atom. The van der Waals surface area contributed by atoms with Crippen LogP contribution in [0.25, 0.3) is 27.5 Å². The monoisotopic (exact) mass is 390 g/mol. The molecule has 0 bridgehead atoms. The van der Waals surface area contributed by atoms with Gasteiger partial charge in [0.15, 0.2) is 0 Å². The van der Waals surface area contributed by atoms with Gasteiger partial charge in [-0.15, -0.1) is 0 Å². The highest BCUT2D eigenvalue weighted by atomic mass is 16.5. The van der Waals surface area contributed by atoms with Crippen LogP contribution in [0.15, 0.2) is 53.3 Å². The van der Waals surface area contributed by atoms with Gasteiger partial charge in [-0.25, -0.2) is 0 Å². The summed E-state index contributed by atoms with van der Waals surface area (Å²) in [6, 6.07) is 16.2. The van der Waals surface area contributed by atoms with E-state index in [2.05, 4.69) is 43.9 Å². The highest BCUT2D eigenvalue weighted by molar-refractivity contribution is 5.96. The van der Waals surface area contributed by atoms with Crippen LogP contribution in [0.1, 0.15) is 5.56 Å². The fourth-order valence-electron chi connectivity index (χ4n) is 4.38. The molecule has 0 aliphatic carbocycles. The number of hydrogen-bond donors (Lipinski definition) is 2. The molecule has 29 heavy (non-hydrogen) atoms. The average Bonchev–Trinajstić information content (AvgIpc) is 3.08. The van der Waals surface area contributed by atoms with Gasteiger partial charge in [0.05, 0.1) is 29.6 Å². The number of hydrogen-bond acceptors (Lipinski definition) is 4. The second kappa shape index (κ2) is 7.99. The van der Waals surface area contributed by atoms with Crippen LogP contribution < -0.4 is 10.9 Å². The predicted molar refractivity (Wildman–Crippen MR) is 117 cm³/mol. The van der Waals surface area contributed by atoms with E-state index in [1.54, 1.807) is 0 Å². The first-order valence-corrected chi connectivity index (χ1v) is 10.4. The first kappa shape index (κ1) is 18.4. The second-order valence-electron chi connectivity index (χ2n) is 7.61. The van der Waals surface area contributed by atoms with Gasteiger partial charge in [0.2, 0.25) is 0 Å². The molecule has 2 aromatic carbocycles. The van der Waals surface area contributed by atoms with Crippen molar-refractivity contribution in [2.45, 2.75) is 6.42 Å². The number of aromatic nitrogens is 2. The van der Waals surface area contributed by atoms with E-state index in [1.165, 1.54) is 10.9 Å². The summed E-state index contributed by atoms with van der Waals surface area (Å²) in [6.07, 6.45) is 0.869. The molecule has 6 heteroatoms. The third-order valence-corrected chi connectivity index (χ3v) is 5.86. The third-order valence-electron chi connectivity index (χ3n) is 5.86. The Hall–Kier alpha value is -2.67. The number of para-hydroxylation sites is 2. The van der Waals surface area contributed by atoms with Crippen molar-refractivity contribution in [2.24, 2.45) is 0 Å². The van der Waals surface area contributed by atoms with Gasteiger partial charge in [0, 0.05) is 37.1 Å². The number of morpholine rings is 1. The van der Waals surface area contributed by atoms with Gasteiger partial charge < -0.3 is 15.0 Å². The summed E-state index contributed by atoms with van der Waals surface area (Å²) < 4.78 is 7.59. The summed E-state index contributed by atoms with van der Waals surface area (Å²) in [7, 11) is 0. The molecule has 0 amide bonds. The number of H-pyrrole nitrogens is 1. The quantitative estimate of drug-likeness (QED) is 0.497. The minimum atomic E-state index is -0.0302. The zero-order chi connectivity index (χ0) is 19.6. The summed E-state index contributed by atoms with van der Waals surface area (Å²) in [5.41, 5.74) is 4.16. The molecule has 2 N–H and O–H groups in total. The van der Waals surface area contributed by atoms with Gasteiger partial charge in [-0.3, -0.25) is 14.1 Å². The molecule has 1 fully saturated rings. The fraction of sp³-hybridized carbons (Fsp3) is 0.348. The Balaban J connectivity index is 1.43. The lowest BCUT2D eigenvalue weighted by Gasteiger charge is -2.26. The van der Waals surface area contributed by atoms with Gasteiger partial charge in [0.1, 0.15) is 5.65 Å². The van der Waals surface area contributed by atoms with Crippen LogP contribution in [0, 0.1) is 0 Å². The maximum absolute atomic E-state index is 12.7. The predicted octanol–water partition coefficient (Wildman–Crippen LogP) is 2.40. The molecule has 1 saturated heterocycles. The van der Waals surface area contributed by atoms with Crippen LogP contribution in [-0.4, -0.2) is 60.2 Å². The Morgan fingerprint density at radius 1 is 0.931 bits per heavy atom. The van der Waals surface area contributed by atoms with Crippen LogP contribution in [-0.2, 0) is 11.2 Å². The smallest absolute Gasteiger partial charge is 0.258 e. The van der Waals surface area contributed by atoms with Crippen molar-refractivity contribution in [1.82, 2.24) is 19.6 Å². The van der Waals surface area contributed by atoms with Crippen molar-refractivity contribution in [3.8, 4) is 0 Å². The van der Waals surface area contributed by atoms with Gasteiger partial charge in [0.25, 0.3) is 5.56 Å². The highest BCUT2D eigenvalue weighted by Crippen LogP contribution is 2.28. The van der Waals surface area contributed by atoms with E-state index in [9.17, 15) is 4.79 Å². The van der Waals surface area contributed by atoms with Crippen LogP contribution in [0.2, 0.25) is 0 Å². The van der Waals surface area contributed by atoms with Gasteiger partial charge in [-0.2, -0.15) is 0 Å². The summed E-state index contributed by atoms with van der Waals surface area (Å²) in [6.45, 7) is 6.59. The fourth-order valence-corrected chi connectivity index (χ4v) is 4.38. The molecule has 6 nitrogen and oxygen atoms in total. The molecular formula is C23H26N4O2. The molecule has 150 valence electrons. The molecule has 0 unspecified atom stereocenters. The number of aromatic amines is 1. The van der Waals surface area contributed by atoms with Crippen molar-refractivity contribution in [3.05, 3.63) is 64.4 Å². The normalized spacial score (nSPS) is 15.6. The lowest BCUT2D eigenvalue weighted by molar-refractivity contribution is 0.0385. The first-order valence-electron chi connectivity index (χ1n) is 10.4. The number of ether oxygens (including phenoxy) is 1. The van der Waals surface area contributed by atoms with Gasteiger partial charge >= 0.3 is 0 Å². The molecule has 0 atom stereocenters. The van der Waals surface area contributed by atoms with E-state index in [1.807, 2.05) is 24.3 Å². The van der Waals surface area contributed by atoms with Gasteiger partial charge in [-0.1, -0.05) is 30.3 Å². The molecule has 0 saturated carbocycles. The Bertz CT molecular complexity index is 1200. The maximum Gasteiger partial charge on any atom is 0.258 e. The van der Waals surface area contributed by atoms with Crippen LogP contribution in [0.5, 0.6) is 0 Å². The number of fused-ring (bicyclic) bond motifs is 5. The Kier molecular flexibility index (Phi) is 5.06. The standard InChI is InChI=1S/C23H26N4O2/c28-23-19-6-2-4-8-21(19)27-20-7-3-1-5-17(20)18(22(27)25-23)9-10-24-11-12-26-13-15-29-16-14-26/h1-8,24H,9-16H2,(H,25,28). The van der Waals surface area contributed by atoms with E-state index in [4.69, 9.17) is 4.74 Å². The van der Waals surface area contributed by atoms with Crippen molar-refractivity contribution in [2.75, 3.05) is 45.9 Å². The van der Waals surface area contributed by atoms with Crippen LogP contribution in [0.3, 0.4) is 0 Å².